The highest BCUT2D eigenvalue weighted by atomic mass is 15.2. The summed E-state index contributed by atoms with van der Waals surface area (Å²) >= 11 is 0. The Kier molecular flexibility index (Phi) is 4.13. The molecule has 0 aliphatic rings. The maximum absolute atomic E-state index is 6.34. The summed E-state index contributed by atoms with van der Waals surface area (Å²) in [6.45, 7) is 13.1. The summed E-state index contributed by atoms with van der Waals surface area (Å²) in [5.41, 5.74) is 9.82. The van der Waals surface area contributed by atoms with Gasteiger partial charge in [-0.05, 0) is 24.8 Å². The molecule has 0 bridgehead atoms. The molecular weight excluding hydrogens is 258 g/mol. The number of nitrogens with zero attached hydrogens (tertiary/aromatic N) is 2. The second kappa shape index (κ2) is 5.55. The maximum atomic E-state index is 6.34. The van der Waals surface area contributed by atoms with Crippen molar-refractivity contribution in [3.8, 4) is 11.3 Å². The van der Waals surface area contributed by atoms with Crippen LogP contribution in [0, 0.1) is 0 Å². The molecule has 2 N–H and O–H groups in total. The predicted octanol–water partition coefficient (Wildman–Crippen LogP) is 4.57. The average Bonchev–Trinajstić information content (AvgIpc) is 2.75. The number of hydrogen-bond acceptors (Lipinski definition) is 2. The van der Waals surface area contributed by atoms with E-state index in [4.69, 9.17) is 10.7 Å². The number of imidazole rings is 1. The lowest BCUT2D eigenvalue weighted by Gasteiger charge is -2.19. The van der Waals surface area contributed by atoms with Crippen molar-refractivity contribution in [3.63, 3.8) is 0 Å². The average molecular weight is 285 g/mol. The van der Waals surface area contributed by atoms with Crippen molar-refractivity contribution < 1.29 is 0 Å². The van der Waals surface area contributed by atoms with Crippen LogP contribution in [0.25, 0.3) is 11.3 Å². The molecule has 2 rings (SSSR count). The zero-order valence-corrected chi connectivity index (χ0v) is 14.1. The highest BCUT2D eigenvalue weighted by Gasteiger charge is 2.18. The fourth-order valence-electron chi connectivity index (χ4n) is 2.66. The minimum atomic E-state index is 0.163. The molecule has 21 heavy (non-hydrogen) atoms. The Hall–Kier alpha value is -1.77. The van der Waals surface area contributed by atoms with Gasteiger partial charge in [-0.2, -0.15) is 0 Å². The normalized spacial score (nSPS) is 12.1. The number of aryl methyl sites for hydroxylation is 1. The summed E-state index contributed by atoms with van der Waals surface area (Å²) in [4.78, 5) is 4.75. The Bertz CT molecular complexity index is 613. The van der Waals surface area contributed by atoms with Crippen molar-refractivity contribution in [2.45, 2.75) is 59.4 Å². The Morgan fingerprint density at radius 1 is 1.14 bits per heavy atom. The zero-order chi connectivity index (χ0) is 15.8. The fraction of sp³-hybridized carbons (Fsp3) is 0.500. The maximum Gasteiger partial charge on any atom is 0.131 e. The molecule has 0 radical (unpaired) electrons. The summed E-state index contributed by atoms with van der Waals surface area (Å²) in [5.74, 6) is 1.82. The van der Waals surface area contributed by atoms with Crippen molar-refractivity contribution in [1.29, 1.82) is 0 Å². The number of anilines is 1. The summed E-state index contributed by atoms with van der Waals surface area (Å²) in [6.07, 6.45) is 0.891. The summed E-state index contributed by atoms with van der Waals surface area (Å²) in [5, 5.41) is 0. The van der Waals surface area contributed by atoms with E-state index in [1.165, 1.54) is 5.56 Å². The van der Waals surface area contributed by atoms with Gasteiger partial charge in [0, 0.05) is 18.0 Å². The Morgan fingerprint density at radius 3 is 2.10 bits per heavy atom. The Labute approximate surface area is 128 Å². The van der Waals surface area contributed by atoms with Gasteiger partial charge < -0.3 is 10.3 Å². The quantitative estimate of drug-likeness (QED) is 0.897. The van der Waals surface area contributed by atoms with Crippen LogP contribution >= 0.6 is 0 Å². The summed E-state index contributed by atoms with van der Waals surface area (Å²) in [6, 6.07) is 8.94. The van der Waals surface area contributed by atoms with Crippen molar-refractivity contribution in [2.24, 2.45) is 0 Å². The predicted molar refractivity (Wildman–Crippen MR) is 90.5 cm³/mol. The molecule has 1 heterocycles. The van der Waals surface area contributed by atoms with Gasteiger partial charge in [-0.3, -0.25) is 0 Å². The van der Waals surface area contributed by atoms with Gasteiger partial charge in [-0.25, -0.2) is 4.98 Å². The Balaban J connectivity index is 2.48. The number of rotatable bonds is 3. The first-order chi connectivity index (χ1) is 9.75. The molecule has 3 nitrogen and oxygen atoms in total. The van der Waals surface area contributed by atoms with Gasteiger partial charge in [0.25, 0.3) is 0 Å². The van der Waals surface area contributed by atoms with Crippen LogP contribution in [0.1, 0.15) is 59.0 Å². The lowest BCUT2D eigenvalue weighted by Crippen LogP contribution is -2.10. The molecule has 3 heteroatoms. The molecule has 0 spiro atoms. The number of nitrogens with two attached hydrogens (primary N) is 1. The van der Waals surface area contributed by atoms with E-state index in [2.05, 4.69) is 70.4 Å². The molecule has 0 saturated carbocycles. The molecule has 2 aromatic rings. The first-order valence-electron chi connectivity index (χ1n) is 7.73. The Morgan fingerprint density at radius 2 is 1.71 bits per heavy atom. The van der Waals surface area contributed by atoms with E-state index >= 15 is 0 Å². The number of aromatic nitrogens is 2. The largest absolute Gasteiger partial charge is 0.383 e. The van der Waals surface area contributed by atoms with Crippen LogP contribution in [0.15, 0.2) is 24.3 Å². The first kappa shape index (κ1) is 15.6. The van der Waals surface area contributed by atoms with Crippen LogP contribution in [0.4, 0.5) is 5.82 Å². The van der Waals surface area contributed by atoms with E-state index in [1.807, 2.05) is 0 Å². The topological polar surface area (TPSA) is 43.8 Å². The zero-order valence-electron chi connectivity index (χ0n) is 14.1. The van der Waals surface area contributed by atoms with Gasteiger partial charge in [-0.15, -0.1) is 0 Å². The molecular formula is C18H27N3. The van der Waals surface area contributed by atoms with E-state index in [1.54, 1.807) is 0 Å². The van der Waals surface area contributed by atoms with Gasteiger partial charge in [0.15, 0.2) is 0 Å². The molecule has 0 fully saturated rings. The van der Waals surface area contributed by atoms with Gasteiger partial charge in [-0.1, -0.05) is 52.0 Å². The monoisotopic (exact) mass is 285 g/mol. The highest BCUT2D eigenvalue weighted by Crippen LogP contribution is 2.31. The van der Waals surface area contributed by atoms with E-state index < -0.39 is 0 Å². The lowest BCUT2D eigenvalue weighted by molar-refractivity contribution is 0.579. The second-order valence-corrected chi connectivity index (χ2v) is 6.91. The van der Waals surface area contributed by atoms with Gasteiger partial charge >= 0.3 is 0 Å². The summed E-state index contributed by atoms with van der Waals surface area (Å²) in [7, 11) is 0. The van der Waals surface area contributed by atoms with Crippen molar-refractivity contribution in [3.05, 3.63) is 35.7 Å². The van der Waals surface area contributed by atoms with Crippen LogP contribution in [0.2, 0.25) is 0 Å². The smallest absolute Gasteiger partial charge is 0.131 e. The second-order valence-electron chi connectivity index (χ2n) is 6.91. The minimum absolute atomic E-state index is 0.163. The SMILES string of the molecule is CCc1nc(-c2ccc(C(C)(C)C)cc2)c(N)n1C(C)C. The molecule has 1 aromatic carbocycles. The van der Waals surface area contributed by atoms with Crippen LogP contribution in [-0.4, -0.2) is 9.55 Å². The third kappa shape index (κ3) is 2.97. The summed E-state index contributed by atoms with van der Waals surface area (Å²) < 4.78 is 2.13. The first-order valence-corrected chi connectivity index (χ1v) is 7.73. The van der Waals surface area contributed by atoms with E-state index in [0.29, 0.717) is 6.04 Å². The van der Waals surface area contributed by atoms with Gasteiger partial charge in [0.05, 0.1) is 0 Å². The molecule has 0 unspecified atom stereocenters. The van der Waals surface area contributed by atoms with Crippen LogP contribution in [-0.2, 0) is 11.8 Å². The molecule has 0 amide bonds. The van der Waals surface area contributed by atoms with Crippen molar-refractivity contribution >= 4 is 5.82 Å². The van der Waals surface area contributed by atoms with E-state index in [-0.39, 0.29) is 5.41 Å². The van der Waals surface area contributed by atoms with Gasteiger partial charge in [0.1, 0.15) is 17.3 Å². The van der Waals surface area contributed by atoms with Gasteiger partial charge in [0.2, 0.25) is 0 Å². The van der Waals surface area contributed by atoms with Crippen LogP contribution < -0.4 is 5.73 Å². The molecule has 1 aromatic heterocycles. The third-order valence-electron chi connectivity index (χ3n) is 3.88. The lowest BCUT2D eigenvalue weighted by atomic mass is 9.86. The molecule has 0 aliphatic carbocycles. The fourth-order valence-corrected chi connectivity index (χ4v) is 2.66. The molecule has 0 aliphatic heterocycles. The van der Waals surface area contributed by atoms with E-state index in [0.717, 1.165) is 29.3 Å². The standard InChI is InChI=1S/C18H27N3/c1-7-15-20-16(17(19)21(15)12(2)3)13-8-10-14(11-9-13)18(4,5)6/h8-12H,7,19H2,1-6H3. The molecule has 114 valence electrons. The number of benzene rings is 1. The third-order valence-corrected chi connectivity index (χ3v) is 3.88. The van der Waals surface area contributed by atoms with Crippen molar-refractivity contribution in [2.75, 3.05) is 5.73 Å². The van der Waals surface area contributed by atoms with Crippen LogP contribution in [0.3, 0.4) is 0 Å². The molecule has 0 atom stereocenters. The van der Waals surface area contributed by atoms with Crippen LogP contribution in [0.5, 0.6) is 0 Å². The van der Waals surface area contributed by atoms with Crippen molar-refractivity contribution in [1.82, 2.24) is 9.55 Å². The highest BCUT2D eigenvalue weighted by molar-refractivity contribution is 5.71. The molecule has 0 saturated heterocycles. The van der Waals surface area contributed by atoms with E-state index in [9.17, 15) is 0 Å². The number of hydrogen-bond donors (Lipinski definition) is 1. The number of nitrogen functional groups attached to an aromatic ring is 1. The minimum Gasteiger partial charge on any atom is -0.383 e.